The van der Waals surface area contributed by atoms with Gasteiger partial charge in [-0.2, -0.15) is 0 Å². The Hall–Kier alpha value is -1.32. The van der Waals surface area contributed by atoms with Crippen molar-refractivity contribution in [2.24, 2.45) is 11.5 Å². The first-order chi connectivity index (χ1) is 6.95. The molecule has 88 valence electrons. The van der Waals surface area contributed by atoms with Crippen LogP contribution >= 0.6 is 0 Å². The molecule has 0 fully saturated rings. The fourth-order valence-corrected chi connectivity index (χ4v) is 0.669. The monoisotopic (exact) mass is 220 g/mol. The van der Waals surface area contributed by atoms with E-state index in [1.165, 1.54) is 0 Å². The van der Waals surface area contributed by atoms with Gasteiger partial charge in [-0.25, -0.2) is 0 Å². The highest BCUT2D eigenvalue weighted by Gasteiger charge is 2.09. The predicted octanol–water partition coefficient (Wildman–Crippen LogP) is -3.10. The number of aliphatic carboxylic acids is 1. The molecule has 0 amide bonds. The maximum absolute atomic E-state index is 10.2. The molecule has 9 heteroatoms. The molecule has 0 aliphatic rings. The van der Waals surface area contributed by atoms with Crippen molar-refractivity contribution in [2.75, 3.05) is 6.54 Å². The summed E-state index contributed by atoms with van der Waals surface area (Å²) >= 11 is 0. The molecule has 0 aromatic heterocycles. The smallest absolute Gasteiger partial charge is 0.432 e. The number of hydrogen-bond donors (Lipinski definition) is 7. The number of nitrogens with one attached hydrogen (secondary N) is 2. The third-order valence-corrected chi connectivity index (χ3v) is 1.32. The molecule has 1 atom stereocenters. The van der Waals surface area contributed by atoms with Gasteiger partial charge in [0.2, 0.25) is 0 Å². The zero-order chi connectivity index (χ0) is 12.3. The van der Waals surface area contributed by atoms with Crippen LogP contribution in [0, 0.1) is 5.41 Å². The predicted molar refractivity (Wildman–Crippen MR) is 56.3 cm³/mol. The van der Waals surface area contributed by atoms with Crippen molar-refractivity contribution in [1.29, 1.82) is 5.41 Å². The van der Waals surface area contributed by atoms with Crippen molar-refractivity contribution < 1.29 is 19.9 Å². The number of hydrogen-bond acceptors (Lipinski definition) is 5. The summed E-state index contributed by atoms with van der Waals surface area (Å²) in [6.07, 6.45) is 0.975. The maximum atomic E-state index is 10.2. The Morgan fingerprint density at radius 3 is 2.33 bits per heavy atom. The molecule has 1 unspecified atom stereocenters. The summed E-state index contributed by atoms with van der Waals surface area (Å²) in [5.41, 5.74) is 10.2. The first kappa shape index (κ1) is 16.1. The number of guanidine groups is 1. The summed E-state index contributed by atoms with van der Waals surface area (Å²) in [5, 5.41) is 32.0. The quantitative estimate of drug-likeness (QED) is 0.111. The van der Waals surface area contributed by atoms with E-state index in [0.29, 0.717) is 19.4 Å². The maximum Gasteiger partial charge on any atom is 0.432 e. The van der Waals surface area contributed by atoms with E-state index in [4.69, 9.17) is 32.0 Å². The Morgan fingerprint density at radius 1 is 1.53 bits per heavy atom. The highest BCUT2D eigenvalue weighted by molar-refractivity contribution is 6.13. The average Bonchev–Trinajstić information content (AvgIpc) is 2.12. The molecule has 0 bridgehead atoms. The number of rotatable bonds is 5. The molecule has 0 saturated heterocycles. The molecule has 15 heavy (non-hydrogen) atoms. The van der Waals surface area contributed by atoms with Crippen LogP contribution in [0.2, 0.25) is 0 Å². The van der Waals surface area contributed by atoms with Crippen molar-refractivity contribution >= 4 is 19.6 Å². The van der Waals surface area contributed by atoms with Gasteiger partial charge in [0.05, 0.1) is 0 Å². The van der Waals surface area contributed by atoms with Gasteiger partial charge in [-0.15, -0.1) is 0 Å². The Bertz CT molecular complexity index is 192. The van der Waals surface area contributed by atoms with Gasteiger partial charge in [0.25, 0.3) is 0 Å². The average molecular weight is 220 g/mol. The van der Waals surface area contributed by atoms with Gasteiger partial charge in [-0.1, -0.05) is 0 Å². The second-order valence-electron chi connectivity index (χ2n) is 2.57. The van der Waals surface area contributed by atoms with Gasteiger partial charge in [0.1, 0.15) is 6.04 Å². The Labute approximate surface area is 88.1 Å². The van der Waals surface area contributed by atoms with Crippen LogP contribution in [0.1, 0.15) is 12.8 Å². The van der Waals surface area contributed by atoms with Gasteiger partial charge in [0.15, 0.2) is 5.96 Å². The topological polar surface area (TPSA) is 166 Å². The van der Waals surface area contributed by atoms with E-state index in [1.807, 2.05) is 0 Å². The van der Waals surface area contributed by atoms with Gasteiger partial charge >= 0.3 is 13.7 Å². The fraction of sp³-hybridized carbons (Fsp3) is 0.667. The number of carbonyl (C=O) groups is 1. The first-order valence-corrected chi connectivity index (χ1v) is 4.23. The largest absolute Gasteiger partial charge is 0.480 e. The van der Waals surface area contributed by atoms with Crippen LogP contribution in [0.25, 0.3) is 0 Å². The molecule has 0 heterocycles. The van der Waals surface area contributed by atoms with E-state index in [-0.39, 0.29) is 5.96 Å². The zero-order valence-electron chi connectivity index (χ0n) is 8.31. The summed E-state index contributed by atoms with van der Waals surface area (Å²) < 4.78 is 0. The van der Waals surface area contributed by atoms with Gasteiger partial charge in [-0.3, -0.25) is 10.2 Å². The molecule has 0 aromatic carbocycles. The molecule has 0 spiro atoms. The molecule has 0 aromatic rings. The minimum Gasteiger partial charge on any atom is -0.480 e. The highest BCUT2D eigenvalue weighted by Crippen LogP contribution is 1.92. The fourth-order valence-electron chi connectivity index (χ4n) is 0.669. The lowest BCUT2D eigenvalue weighted by atomic mass is 10.2. The minimum atomic E-state index is -1.00. The third-order valence-electron chi connectivity index (χ3n) is 1.32. The Kier molecular flexibility index (Phi) is 11.6. The highest BCUT2D eigenvalue weighted by atomic mass is 16.4. The van der Waals surface area contributed by atoms with Crippen molar-refractivity contribution in [3.63, 3.8) is 0 Å². The van der Waals surface area contributed by atoms with Crippen LogP contribution in [0.15, 0.2) is 0 Å². The van der Waals surface area contributed by atoms with E-state index in [0.717, 1.165) is 0 Å². The number of nitrogens with two attached hydrogens (primary N) is 2. The SMILES string of the molecule is N=C(N)NCCCC(N)C(=O)O.OBO. The molecule has 9 N–H and O–H groups in total. The molecule has 0 aliphatic heterocycles. The van der Waals surface area contributed by atoms with E-state index >= 15 is 0 Å². The second-order valence-corrected chi connectivity index (χ2v) is 2.57. The van der Waals surface area contributed by atoms with Crippen LogP contribution in [0.3, 0.4) is 0 Å². The summed E-state index contributed by atoms with van der Waals surface area (Å²) in [6.45, 7) is 0.482. The molecule has 0 radical (unpaired) electrons. The van der Waals surface area contributed by atoms with Crippen molar-refractivity contribution in [3.8, 4) is 0 Å². The first-order valence-electron chi connectivity index (χ1n) is 4.23. The summed E-state index contributed by atoms with van der Waals surface area (Å²) in [4.78, 5) is 10.2. The standard InChI is InChI=1S/C6H14N4O2.BH3O2/c7-4(5(11)12)2-1-3-10-6(8)9;2-1-3/h4H,1-3,7H2,(H,11,12)(H4,8,9,10);1-3H. The number of carboxylic acid groups (broad SMARTS) is 1. The normalized spacial score (nSPS) is 10.6. The Morgan fingerprint density at radius 2 is 2.00 bits per heavy atom. The van der Waals surface area contributed by atoms with Crippen LogP contribution < -0.4 is 16.8 Å². The molecule has 8 nitrogen and oxygen atoms in total. The lowest BCUT2D eigenvalue weighted by Gasteiger charge is -2.06. The lowest BCUT2D eigenvalue weighted by molar-refractivity contribution is -0.138. The van der Waals surface area contributed by atoms with Gasteiger partial charge < -0.3 is 31.9 Å². The summed E-state index contributed by atoms with van der Waals surface area (Å²) in [5.74, 6) is -1.11. The third kappa shape index (κ3) is 15.4. The van der Waals surface area contributed by atoms with Crippen molar-refractivity contribution in [3.05, 3.63) is 0 Å². The van der Waals surface area contributed by atoms with Crippen LogP contribution in [-0.4, -0.2) is 47.4 Å². The molecule has 0 aliphatic carbocycles. The van der Waals surface area contributed by atoms with Crippen molar-refractivity contribution in [2.45, 2.75) is 18.9 Å². The molecular weight excluding hydrogens is 203 g/mol. The summed E-state index contributed by atoms with van der Waals surface area (Å²) in [7, 11) is -0.750. The van der Waals surface area contributed by atoms with Crippen LogP contribution in [-0.2, 0) is 4.79 Å². The zero-order valence-corrected chi connectivity index (χ0v) is 8.31. The van der Waals surface area contributed by atoms with E-state index < -0.39 is 19.7 Å². The second kappa shape index (κ2) is 10.8. The molecular formula is C6H17BN4O4. The van der Waals surface area contributed by atoms with E-state index in [1.54, 1.807) is 0 Å². The van der Waals surface area contributed by atoms with Gasteiger partial charge in [0, 0.05) is 6.54 Å². The van der Waals surface area contributed by atoms with Crippen molar-refractivity contribution in [1.82, 2.24) is 5.32 Å². The lowest BCUT2D eigenvalue weighted by Crippen LogP contribution is -2.34. The Balaban J connectivity index is 0. The molecule has 0 saturated carbocycles. The summed E-state index contributed by atoms with van der Waals surface area (Å²) in [6, 6.07) is -0.821. The molecule has 0 rings (SSSR count). The minimum absolute atomic E-state index is 0.112. The van der Waals surface area contributed by atoms with Crippen LogP contribution in [0.4, 0.5) is 0 Å². The number of carboxylic acids is 1. The van der Waals surface area contributed by atoms with E-state index in [9.17, 15) is 4.79 Å². The van der Waals surface area contributed by atoms with E-state index in [2.05, 4.69) is 5.32 Å². The van der Waals surface area contributed by atoms with Crippen LogP contribution in [0.5, 0.6) is 0 Å². The van der Waals surface area contributed by atoms with Gasteiger partial charge in [-0.05, 0) is 12.8 Å².